The Bertz CT molecular complexity index is 726. The van der Waals surface area contributed by atoms with Gasteiger partial charge in [-0.1, -0.05) is 6.07 Å². The van der Waals surface area contributed by atoms with Crippen LogP contribution in [0.4, 0.5) is 5.69 Å². The second kappa shape index (κ2) is 6.08. The SMILES string of the molecule is CCOc1cccc(N)c1-c1nnnn1CCS(C)(=O)=O. The zero-order chi connectivity index (χ0) is 15.5. The Morgan fingerprint density at radius 1 is 1.38 bits per heavy atom. The molecule has 2 aromatic rings. The number of rotatable bonds is 6. The first kappa shape index (κ1) is 15.2. The minimum Gasteiger partial charge on any atom is -0.493 e. The van der Waals surface area contributed by atoms with Crippen molar-refractivity contribution in [2.75, 3.05) is 24.3 Å². The standard InChI is InChI=1S/C12H17N5O3S/c1-3-20-10-6-4-5-9(13)11(10)12-14-15-16-17(12)7-8-21(2,18)19/h4-6H,3,7-8,13H2,1-2H3. The van der Waals surface area contributed by atoms with Crippen LogP contribution in [0.5, 0.6) is 5.75 Å². The summed E-state index contributed by atoms with van der Waals surface area (Å²) >= 11 is 0. The van der Waals surface area contributed by atoms with Gasteiger partial charge in [-0.3, -0.25) is 0 Å². The average molecular weight is 311 g/mol. The van der Waals surface area contributed by atoms with Crippen molar-refractivity contribution in [1.29, 1.82) is 0 Å². The molecule has 0 radical (unpaired) electrons. The highest BCUT2D eigenvalue weighted by atomic mass is 32.2. The van der Waals surface area contributed by atoms with Gasteiger partial charge in [0.25, 0.3) is 0 Å². The second-order valence-electron chi connectivity index (χ2n) is 4.51. The van der Waals surface area contributed by atoms with Crippen molar-refractivity contribution in [3.63, 3.8) is 0 Å². The van der Waals surface area contributed by atoms with E-state index in [-0.39, 0.29) is 12.3 Å². The topological polar surface area (TPSA) is 113 Å². The van der Waals surface area contributed by atoms with Gasteiger partial charge in [0.2, 0.25) is 0 Å². The summed E-state index contributed by atoms with van der Waals surface area (Å²) in [6.45, 7) is 2.49. The fourth-order valence-corrected chi connectivity index (χ4v) is 2.35. The Labute approximate surface area is 122 Å². The van der Waals surface area contributed by atoms with E-state index < -0.39 is 9.84 Å². The number of anilines is 1. The largest absolute Gasteiger partial charge is 0.493 e. The van der Waals surface area contributed by atoms with E-state index in [4.69, 9.17) is 10.5 Å². The van der Waals surface area contributed by atoms with Crippen LogP contribution >= 0.6 is 0 Å². The lowest BCUT2D eigenvalue weighted by Crippen LogP contribution is -2.14. The molecule has 1 aromatic carbocycles. The lowest BCUT2D eigenvalue weighted by atomic mass is 10.1. The highest BCUT2D eigenvalue weighted by Crippen LogP contribution is 2.33. The molecule has 0 spiro atoms. The third-order valence-corrected chi connectivity index (χ3v) is 3.71. The number of nitrogen functional groups attached to an aromatic ring is 1. The van der Waals surface area contributed by atoms with Crippen LogP contribution in [0.25, 0.3) is 11.4 Å². The van der Waals surface area contributed by atoms with Crippen LogP contribution in [0.2, 0.25) is 0 Å². The van der Waals surface area contributed by atoms with Gasteiger partial charge >= 0.3 is 0 Å². The van der Waals surface area contributed by atoms with E-state index in [0.29, 0.717) is 29.4 Å². The molecule has 2 N–H and O–H groups in total. The highest BCUT2D eigenvalue weighted by Gasteiger charge is 2.18. The van der Waals surface area contributed by atoms with E-state index in [1.165, 1.54) is 10.9 Å². The van der Waals surface area contributed by atoms with Crippen molar-refractivity contribution < 1.29 is 13.2 Å². The van der Waals surface area contributed by atoms with Crippen molar-refractivity contribution in [1.82, 2.24) is 20.2 Å². The first-order chi connectivity index (χ1) is 9.92. The predicted octanol–water partition coefficient (Wildman–Crippen LogP) is 0.366. The molecule has 0 atom stereocenters. The zero-order valence-corrected chi connectivity index (χ0v) is 12.7. The lowest BCUT2D eigenvalue weighted by molar-refractivity contribution is 0.341. The molecule has 0 saturated heterocycles. The van der Waals surface area contributed by atoms with Crippen molar-refractivity contribution >= 4 is 15.5 Å². The third kappa shape index (κ3) is 3.69. The van der Waals surface area contributed by atoms with Gasteiger partial charge in [-0.2, -0.15) is 0 Å². The number of aromatic nitrogens is 4. The lowest BCUT2D eigenvalue weighted by Gasteiger charge is -2.12. The quantitative estimate of drug-likeness (QED) is 0.766. The van der Waals surface area contributed by atoms with Crippen LogP contribution in [0.3, 0.4) is 0 Å². The maximum atomic E-state index is 11.3. The number of tetrazole rings is 1. The smallest absolute Gasteiger partial charge is 0.187 e. The maximum Gasteiger partial charge on any atom is 0.187 e. The molecule has 0 aliphatic rings. The number of ether oxygens (including phenoxy) is 1. The van der Waals surface area contributed by atoms with Crippen molar-refractivity contribution in [2.45, 2.75) is 13.5 Å². The number of hydrogen-bond acceptors (Lipinski definition) is 7. The zero-order valence-electron chi connectivity index (χ0n) is 11.9. The van der Waals surface area contributed by atoms with E-state index in [1.807, 2.05) is 6.92 Å². The highest BCUT2D eigenvalue weighted by molar-refractivity contribution is 7.90. The number of aryl methyl sites for hydroxylation is 1. The first-order valence-electron chi connectivity index (χ1n) is 6.38. The predicted molar refractivity (Wildman–Crippen MR) is 78.5 cm³/mol. The molecule has 9 heteroatoms. The molecule has 0 aliphatic carbocycles. The van der Waals surface area contributed by atoms with Crippen molar-refractivity contribution in [3.05, 3.63) is 18.2 Å². The Morgan fingerprint density at radius 3 is 2.81 bits per heavy atom. The second-order valence-corrected chi connectivity index (χ2v) is 6.77. The molecule has 0 saturated carbocycles. The Kier molecular flexibility index (Phi) is 4.41. The summed E-state index contributed by atoms with van der Waals surface area (Å²) in [4.78, 5) is 0. The van der Waals surface area contributed by atoms with Gasteiger partial charge in [-0.05, 0) is 29.5 Å². The summed E-state index contributed by atoms with van der Waals surface area (Å²) in [5.41, 5.74) is 7.02. The molecule has 0 unspecified atom stereocenters. The summed E-state index contributed by atoms with van der Waals surface area (Å²) in [7, 11) is -3.11. The molecule has 114 valence electrons. The van der Waals surface area contributed by atoms with Gasteiger partial charge in [-0.25, -0.2) is 13.1 Å². The van der Waals surface area contributed by atoms with Crippen molar-refractivity contribution in [2.24, 2.45) is 0 Å². The maximum absolute atomic E-state index is 11.3. The van der Waals surface area contributed by atoms with E-state index >= 15 is 0 Å². The molecule has 2 rings (SSSR count). The minimum atomic E-state index is -3.11. The van der Waals surface area contributed by atoms with E-state index in [1.54, 1.807) is 18.2 Å². The van der Waals surface area contributed by atoms with Crippen LogP contribution in [0.15, 0.2) is 18.2 Å². The van der Waals surface area contributed by atoms with E-state index in [9.17, 15) is 8.42 Å². The van der Waals surface area contributed by atoms with Gasteiger partial charge < -0.3 is 10.5 Å². The van der Waals surface area contributed by atoms with Gasteiger partial charge in [0, 0.05) is 11.9 Å². The molecule has 1 aromatic heterocycles. The fraction of sp³-hybridized carbons (Fsp3) is 0.417. The number of benzene rings is 1. The van der Waals surface area contributed by atoms with Crippen LogP contribution in [-0.2, 0) is 16.4 Å². The summed E-state index contributed by atoms with van der Waals surface area (Å²) in [5, 5.41) is 11.4. The van der Waals surface area contributed by atoms with E-state index in [0.717, 1.165) is 0 Å². The molecule has 1 heterocycles. The summed E-state index contributed by atoms with van der Waals surface area (Å²) in [6.07, 6.45) is 1.17. The molecule has 0 aliphatic heterocycles. The molecule has 8 nitrogen and oxygen atoms in total. The third-order valence-electron chi connectivity index (χ3n) is 2.79. The summed E-state index contributed by atoms with van der Waals surface area (Å²) in [5.74, 6) is 0.898. The van der Waals surface area contributed by atoms with Gasteiger partial charge in [0.15, 0.2) is 5.82 Å². The molecular formula is C12H17N5O3S. The van der Waals surface area contributed by atoms with Crippen LogP contribution in [0.1, 0.15) is 6.92 Å². The average Bonchev–Trinajstić information content (AvgIpc) is 2.84. The van der Waals surface area contributed by atoms with Gasteiger partial charge in [0.1, 0.15) is 15.6 Å². The Hall–Kier alpha value is -2.16. The number of nitrogens with zero attached hydrogens (tertiary/aromatic N) is 4. The monoisotopic (exact) mass is 311 g/mol. The Morgan fingerprint density at radius 2 is 2.14 bits per heavy atom. The fourth-order valence-electron chi connectivity index (χ4n) is 1.85. The Balaban J connectivity index is 2.41. The van der Waals surface area contributed by atoms with Crippen LogP contribution in [-0.4, -0.2) is 47.2 Å². The molecular weight excluding hydrogens is 294 g/mol. The van der Waals surface area contributed by atoms with Crippen LogP contribution in [0, 0.1) is 0 Å². The molecule has 0 fully saturated rings. The van der Waals surface area contributed by atoms with Gasteiger partial charge in [0.05, 0.1) is 24.5 Å². The summed E-state index contributed by atoms with van der Waals surface area (Å²) < 4.78 is 29.5. The van der Waals surface area contributed by atoms with Crippen LogP contribution < -0.4 is 10.5 Å². The molecule has 0 bridgehead atoms. The molecule has 0 amide bonds. The normalized spacial score (nSPS) is 11.5. The number of sulfone groups is 1. The number of nitrogens with two attached hydrogens (primary N) is 1. The minimum absolute atomic E-state index is 0.0538. The first-order valence-corrected chi connectivity index (χ1v) is 8.44. The summed E-state index contributed by atoms with van der Waals surface area (Å²) in [6, 6.07) is 5.26. The number of hydrogen-bond donors (Lipinski definition) is 1. The molecule has 21 heavy (non-hydrogen) atoms. The van der Waals surface area contributed by atoms with Gasteiger partial charge in [-0.15, -0.1) is 5.10 Å². The van der Waals surface area contributed by atoms with E-state index in [2.05, 4.69) is 15.5 Å². The van der Waals surface area contributed by atoms with Crippen molar-refractivity contribution in [3.8, 4) is 17.1 Å².